The summed E-state index contributed by atoms with van der Waals surface area (Å²) in [4.78, 5) is 14.5. The van der Waals surface area contributed by atoms with E-state index in [1.165, 1.54) is 0 Å². The molecule has 0 saturated heterocycles. The van der Waals surface area contributed by atoms with Crippen LogP contribution in [-0.4, -0.2) is 28.6 Å². The smallest absolute Gasteiger partial charge is 0.233 e. The van der Waals surface area contributed by atoms with Gasteiger partial charge in [-0.1, -0.05) is 30.3 Å². The second kappa shape index (κ2) is 7.09. The first-order chi connectivity index (χ1) is 10.1. The standard InChI is InChI=1S/C17H21NO3/c1-13(2)18(11-15-9-6-10-21-15)17(20)16(12-19)14-7-4-3-5-8-14/h3-10,13,16,19H,11-12H2,1-2H3. The Bertz CT molecular complexity index is 549. The Morgan fingerprint density at radius 3 is 2.43 bits per heavy atom. The number of hydrogen-bond acceptors (Lipinski definition) is 3. The van der Waals surface area contributed by atoms with Gasteiger partial charge in [0.05, 0.1) is 25.3 Å². The van der Waals surface area contributed by atoms with E-state index in [1.807, 2.05) is 50.2 Å². The molecule has 1 heterocycles. The zero-order chi connectivity index (χ0) is 15.2. The van der Waals surface area contributed by atoms with Crippen LogP contribution >= 0.6 is 0 Å². The lowest BCUT2D eigenvalue weighted by atomic mass is 9.98. The fourth-order valence-electron chi connectivity index (χ4n) is 2.30. The second-order valence-electron chi connectivity index (χ2n) is 5.29. The summed E-state index contributed by atoms with van der Waals surface area (Å²) in [6.07, 6.45) is 1.60. The first kappa shape index (κ1) is 15.3. The lowest BCUT2D eigenvalue weighted by Gasteiger charge is -2.29. The minimum atomic E-state index is -0.538. The maximum atomic E-state index is 12.8. The molecule has 0 saturated carbocycles. The molecule has 1 aromatic heterocycles. The fraction of sp³-hybridized carbons (Fsp3) is 0.353. The van der Waals surface area contributed by atoms with Crippen LogP contribution in [0, 0.1) is 0 Å². The van der Waals surface area contributed by atoms with Gasteiger partial charge in [-0.05, 0) is 31.5 Å². The second-order valence-corrected chi connectivity index (χ2v) is 5.29. The molecule has 0 aliphatic heterocycles. The van der Waals surface area contributed by atoms with Gasteiger partial charge < -0.3 is 14.4 Å². The molecule has 1 N–H and O–H groups in total. The van der Waals surface area contributed by atoms with Crippen molar-refractivity contribution in [2.45, 2.75) is 32.4 Å². The molecule has 1 aromatic carbocycles. The summed E-state index contributed by atoms with van der Waals surface area (Å²) in [5.74, 6) is 0.112. The molecule has 0 radical (unpaired) electrons. The van der Waals surface area contributed by atoms with Gasteiger partial charge in [-0.3, -0.25) is 4.79 Å². The normalized spacial score (nSPS) is 12.4. The maximum absolute atomic E-state index is 12.8. The lowest BCUT2D eigenvalue weighted by Crippen LogP contribution is -2.40. The molecular weight excluding hydrogens is 266 g/mol. The first-order valence-corrected chi connectivity index (χ1v) is 7.12. The highest BCUT2D eigenvalue weighted by Crippen LogP contribution is 2.21. The highest BCUT2D eigenvalue weighted by molar-refractivity contribution is 5.84. The van der Waals surface area contributed by atoms with Crippen LogP contribution in [0.2, 0.25) is 0 Å². The van der Waals surface area contributed by atoms with Crippen LogP contribution in [-0.2, 0) is 11.3 Å². The van der Waals surface area contributed by atoms with E-state index in [1.54, 1.807) is 17.2 Å². The number of carbonyl (C=O) groups is 1. The molecule has 1 amide bonds. The van der Waals surface area contributed by atoms with Crippen molar-refractivity contribution >= 4 is 5.91 Å². The van der Waals surface area contributed by atoms with Gasteiger partial charge in [0.2, 0.25) is 5.91 Å². The third-order valence-electron chi connectivity index (χ3n) is 3.50. The number of aliphatic hydroxyl groups is 1. The molecule has 112 valence electrons. The number of amides is 1. The van der Waals surface area contributed by atoms with Crippen LogP contribution in [0.3, 0.4) is 0 Å². The minimum Gasteiger partial charge on any atom is -0.467 e. The number of carbonyl (C=O) groups excluding carboxylic acids is 1. The number of furan rings is 1. The van der Waals surface area contributed by atoms with E-state index in [-0.39, 0.29) is 18.6 Å². The van der Waals surface area contributed by atoms with E-state index < -0.39 is 5.92 Å². The summed E-state index contributed by atoms with van der Waals surface area (Å²) in [5.41, 5.74) is 0.829. The van der Waals surface area contributed by atoms with Crippen LogP contribution in [0.5, 0.6) is 0 Å². The van der Waals surface area contributed by atoms with E-state index in [0.29, 0.717) is 6.54 Å². The molecule has 0 fully saturated rings. The topological polar surface area (TPSA) is 53.7 Å². The molecule has 21 heavy (non-hydrogen) atoms. The average Bonchev–Trinajstić information content (AvgIpc) is 2.99. The number of nitrogens with zero attached hydrogens (tertiary/aromatic N) is 1. The van der Waals surface area contributed by atoms with Gasteiger partial charge in [0, 0.05) is 6.04 Å². The number of benzene rings is 1. The molecular formula is C17H21NO3. The van der Waals surface area contributed by atoms with Gasteiger partial charge in [0.25, 0.3) is 0 Å². The molecule has 0 aliphatic rings. The molecule has 1 unspecified atom stereocenters. The van der Waals surface area contributed by atoms with Crippen molar-refractivity contribution in [3.8, 4) is 0 Å². The van der Waals surface area contributed by atoms with Crippen LogP contribution in [0.15, 0.2) is 53.1 Å². The SMILES string of the molecule is CC(C)N(Cc1ccco1)C(=O)C(CO)c1ccccc1. The van der Waals surface area contributed by atoms with Crippen molar-refractivity contribution in [2.24, 2.45) is 0 Å². The van der Waals surface area contributed by atoms with Crippen molar-refractivity contribution in [3.05, 3.63) is 60.1 Å². The Morgan fingerprint density at radius 2 is 1.90 bits per heavy atom. The molecule has 4 nitrogen and oxygen atoms in total. The third kappa shape index (κ3) is 3.73. The Hall–Kier alpha value is -2.07. The Labute approximate surface area is 125 Å². The molecule has 4 heteroatoms. The molecule has 2 aromatic rings. The van der Waals surface area contributed by atoms with Gasteiger partial charge in [0.15, 0.2) is 0 Å². The Balaban J connectivity index is 2.20. The van der Waals surface area contributed by atoms with E-state index in [0.717, 1.165) is 11.3 Å². The van der Waals surface area contributed by atoms with Crippen LogP contribution in [0.1, 0.15) is 31.1 Å². The number of aliphatic hydroxyl groups excluding tert-OH is 1. The van der Waals surface area contributed by atoms with Crippen LogP contribution in [0.25, 0.3) is 0 Å². The summed E-state index contributed by atoms with van der Waals surface area (Å²) in [6.45, 7) is 4.12. The first-order valence-electron chi connectivity index (χ1n) is 7.12. The number of hydrogen-bond donors (Lipinski definition) is 1. The van der Waals surface area contributed by atoms with Gasteiger partial charge >= 0.3 is 0 Å². The van der Waals surface area contributed by atoms with Crippen molar-refractivity contribution < 1.29 is 14.3 Å². The van der Waals surface area contributed by atoms with Crippen molar-refractivity contribution in [1.29, 1.82) is 0 Å². The van der Waals surface area contributed by atoms with Gasteiger partial charge in [0.1, 0.15) is 5.76 Å². The summed E-state index contributed by atoms with van der Waals surface area (Å²) in [7, 11) is 0. The van der Waals surface area contributed by atoms with Gasteiger partial charge in [-0.2, -0.15) is 0 Å². The lowest BCUT2D eigenvalue weighted by molar-refractivity contribution is -0.136. The zero-order valence-electron chi connectivity index (χ0n) is 12.4. The maximum Gasteiger partial charge on any atom is 0.233 e. The monoisotopic (exact) mass is 287 g/mol. The van der Waals surface area contributed by atoms with Gasteiger partial charge in [-0.15, -0.1) is 0 Å². The minimum absolute atomic E-state index is 0.0281. The van der Waals surface area contributed by atoms with Crippen LogP contribution in [0.4, 0.5) is 0 Å². The van der Waals surface area contributed by atoms with Gasteiger partial charge in [-0.25, -0.2) is 0 Å². The highest BCUT2D eigenvalue weighted by atomic mass is 16.3. The van der Waals surface area contributed by atoms with Crippen molar-refractivity contribution in [3.63, 3.8) is 0 Å². The average molecular weight is 287 g/mol. The summed E-state index contributed by atoms with van der Waals surface area (Å²) in [5, 5.41) is 9.64. The Kier molecular flexibility index (Phi) is 5.17. The predicted octanol–water partition coefficient (Wildman–Crippen LogP) is 2.79. The predicted molar refractivity (Wildman–Crippen MR) is 80.7 cm³/mol. The summed E-state index contributed by atoms with van der Waals surface area (Å²) >= 11 is 0. The molecule has 0 aliphatic carbocycles. The van der Waals surface area contributed by atoms with Crippen LogP contribution < -0.4 is 0 Å². The van der Waals surface area contributed by atoms with E-state index in [2.05, 4.69) is 0 Å². The Morgan fingerprint density at radius 1 is 1.19 bits per heavy atom. The summed E-state index contributed by atoms with van der Waals surface area (Å²) in [6, 6.07) is 13.0. The fourth-order valence-corrected chi connectivity index (χ4v) is 2.30. The highest BCUT2D eigenvalue weighted by Gasteiger charge is 2.27. The summed E-state index contributed by atoms with van der Waals surface area (Å²) < 4.78 is 5.33. The third-order valence-corrected chi connectivity index (χ3v) is 3.50. The largest absolute Gasteiger partial charge is 0.467 e. The van der Waals surface area contributed by atoms with Crippen molar-refractivity contribution in [1.82, 2.24) is 4.90 Å². The number of rotatable bonds is 6. The quantitative estimate of drug-likeness (QED) is 0.889. The van der Waals surface area contributed by atoms with E-state index in [4.69, 9.17) is 4.42 Å². The molecule has 1 atom stereocenters. The zero-order valence-corrected chi connectivity index (χ0v) is 12.4. The molecule has 0 spiro atoms. The molecule has 2 rings (SSSR count). The van der Waals surface area contributed by atoms with Crippen molar-refractivity contribution in [2.75, 3.05) is 6.61 Å². The molecule has 0 bridgehead atoms. The van der Waals surface area contributed by atoms with E-state index >= 15 is 0 Å². The van der Waals surface area contributed by atoms with E-state index in [9.17, 15) is 9.90 Å².